The van der Waals surface area contributed by atoms with Crippen LogP contribution in [0.15, 0.2) is 188 Å². The van der Waals surface area contributed by atoms with Gasteiger partial charge in [0.05, 0.1) is 33.1 Å². The molecule has 0 aliphatic heterocycles. The van der Waals surface area contributed by atoms with Crippen molar-refractivity contribution in [2.45, 2.75) is 0 Å². The van der Waals surface area contributed by atoms with Crippen molar-refractivity contribution in [3.8, 4) is 28.2 Å². The number of aromatic nitrogens is 3. The third-order valence-corrected chi connectivity index (χ3v) is 10.6. The zero-order valence-corrected chi connectivity index (χ0v) is 27.7. The van der Waals surface area contributed by atoms with Gasteiger partial charge in [-0.05, 0) is 83.9 Å². The van der Waals surface area contributed by atoms with E-state index < -0.39 is 0 Å². The average molecular weight is 650 g/mol. The van der Waals surface area contributed by atoms with Gasteiger partial charge in [-0.2, -0.15) is 0 Å². The van der Waals surface area contributed by atoms with Gasteiger partial charge in [0.25, 0.3) is 0 Å². The van der Waals surface area contributed by atoms with Gasteiger partial charge in [0.1, 0.15) is 0 Å². The quantitative estimate of drug-likeness (QED) is 0.180. The van der Waals surface area contributed by atoms with E-state index in [2.05, 4.69) is 202 Å². The van der Waals surface area contributed by atoms with Crippen LogP contribution in [0.3, 0.4) is 0 Å². The highest BCUT2D eigenvalue weighted by atomic mass is 15.0. The second kappa shape index (κ2) is 10.8. The number of para-hydroxylation sites is 4. The van der Waals surface area contributed by atoms with Crippen LogP contribution in [0, 0.1) is 0 Å². The molecule has 3 heterocycles. The largest absolute Gasteiger partial charge is 0.309 e. The van der Waals surface area contributed by atoms with Gasteiger partial charge < -0.3 is 13.7 Å². The maximum absolute atomic E-state index is 2.44. The zero-order chi connectivity index (χ0) is 33.5. The maximum Gasteiger partial charge on any atom is 0.0548 e. The van der Waals surface area contributed by atoms with E-state index >= 15 is 0 Å². The molecule has 0 spiro atoms. The van der Waals surface area contributed by atoms with Crippen molar-refractivity contribution in [2.24, 2.45) is 0 Å². The van der Waals surface area contributed by atoms with E-state index in [9.17, 15) is 0 Å². The van der Waals surface area contributed by atoms with Crippen LogP contribution in [0.5, 0.6) is 0 Å². The van der Waals surface area contributed by atoms with E-state index in [4.69, 9.17) is 0 Å². The van der Waals surface area contributed by atoms with Crippen LogP contribution in [-0.2, 0) is 0 Å². The molecule has 0 radical (unpaired) electrons. The van der Waals surface area contributed by atoms with Crippen molar-refractivity contribution in [2.75, 3.05) is 0 Å². The number of fused-ring (bicyclic) bond motifs is 9. The lowest BCUT2D eigenvalue weighted by atomic mass is 10.0. The smallest absolute Gasteiger partial charge is 0.0548 e. The van der Waals surface area contributed by atoms with Crippen LogP contribution in [0.4, 0.5) is 0 Å². The molecule has 0 bridgehead atoms. The highest BCUT2D eigenvalue weighted by Gasteiger charge is 2.20. The van der Waals surface area contributed by atoms with Gasteiger partial charge in [-0.1, -0.05) is 115 Å². The first-order chi connectivity index (χ1) is 25.3. The minimum Gasteiger partial charge on any atom is -0.309 e. The molecule has 0 saturated heterocycles. The van der Waals surface area contributed by atoms with E-state index in [0.29, 0.717) is 0 Å². The van der Waals surface area contributed by atoms with E-state index in [1.165, 1.54) is 76.5 Å². The fourth-order valence-electron chi connectivity index (χ4n) is 8.38. The number of hydrogen-bond donors (Lipinski definition) is 0. The fraction of sp³-hybridized carbons (Fsp3) is 0. The highest BCUT2D eigenvalue weighted by Crippen LogP contribution is 2.42. The topological polar surface area (TPSA) is 14.8 Å². The molecule has 0 amide bonds. The van der Waals surface area contributed by atoms with Gasteiger partial charge in [0.2, 0.25) is 0 Å². The van der Waals surface area contributed by atoms with Crippen molar-refractivity contribution in [1.29, 1.82) is 0 Å². The van der Waals surface area contributed by atoms with E-state index in [1.54, 1.807) is 0 Å². The molecule has 8 aromatic carbocycles. The van der Waals surface area contributed by atoms with Crippen LogP contribution in [0.2, 0.25) is 0 Å². The van der Waals surface area contributed by atoms with Crippen LogP contribution in [0.25, 0.3) is 93.6 Å². The molecule has 0 N–H and O–H groups in total. The molecule has 0 fully saturated rings. The summed E-state index contributed by atoms with van der Waals surface area (Å²) in [5.74, 6) is 0. The first-order valence-corrected chi connectivity index (χ1v) is 17.5. The fourth-order valence-corrected chi connectivity index (χ4v) is 8.38. The monoisotopic (exact) mass is 649 g/mol. The molecule has 0 aliphatic rings. The zero-order valence-electron chi connectivity index (χ0n) is 27.7. The SMILES string of the molecule is c1ccc(-c2ccc3c4cc5c(cc4n(-c4ccccc4)c3c2)c2cc(-n3c4ccccc4c4ccccc43)ccc2n5-c2ccccc2)cc1. The van der Waals surface area contributed by atoms with Gasteiger partial charge in [-0.25, -0.2) is 0 Å². The Labute approximate surface area is 294 Å². The lowest BCUT2D eigenvalue weighted by molar-refractivity contribution is 1.16. The summed E-state index contributed by atoms with van der Waals surface area (Å²) in [5, 5.41) is 7.47. The van der Waals surface area contributed by atoms with E-state index in [1.807, 2.05) is 0 Å². The maximum atomic E-state index is 2.44. The molecule has 3 aromatic heterocycles. The normalized spacial score (nSPS) is 11.9. The number of rotatable bonds is 4. The molecule has 51 heavy (non-hydrogen) atoms. The lowest BCUT2D eigenvalue weighted by Crippen LogP contribution is -1.95. The summed E-state index contributed by atoms with van der Waals surface area (Å²) >= 11 is 0. The first-order valence-electron chi connectivity index (χ1n) is 17.5. The van der Waals surface area contributed by atoms with Gasteiger partial charge in [-0.3, -0.25) is 0 Å². The molecule has 0 atom stereocenters. The average Bonchev–Trinajstić information content (AvgIpc) is 3.82. The van der Waals surface area contributed by atoms with Gasteiger partial charge in [0, 0.05) is 49.4 Å². The Balaban J connectivity index is 1.27. The molecule has 0 unspecified atom stereocenters. The Kier molecular flexibility index (Phi) is 5.96. The molecule has 0 aliphatic carbocycles. The third-order valence-electron chi connectivity index (χ3n) is 10.6. The Hall–Kier alpha value is -6.84. The summed E-state index contributed by atoms with van der Waals surface area (Å²) in [6.45, 7) is 0. The second-order valence-electron chi connectivity index (χ2n) is 13.4. The summed E-state index contributed by atoms with van der Waals surface area (Å²) in [6, 6.07) is 68.5. The molecule has 3 nitrogen and oxygen atoms in total. The minimum absolute atomic E-state index is 1.15. The second-order valence-corrected chi connectivity index (χ2v) is 13.4. The molecule has 3 heteroatoms. The van der Waals surface area contributed by atoms with Crippen LogP contribution in [0.1, 0.15) is 0 Å². The van der Waals surface area contributed by atoms with Crippen molar-refractivity contribution >= 4 is 65.4 Å². The Morgan fingerprint density at radius 1 is 0.216 bits per heavy atom. The van der Waals surface area contributed by atoms with Crippen molar-refractivity contribution in [3.63, 3.8) is 0 Å². The molecule has 238 valence electrons. The lowest BCUT2D eigenvalue weighted by Gasteiger charge is -2.10. The van der Waals surface area contributed by atoms with Gasteiger partial charge in [0.15, 0.2) is 0 Å². The summed E-state index contributed by atoms with van der Waals surface area (Å²) in [7, 11) is 0. The molecule has 0 saturated carbocycles. The molecule has 11 aromatic rings. The Morgan fingerprint density at radius 2 is 0.647 bits per heavy atom. The molecular weight excluding hydrogens is 619 g/mol. The molecule has 11 rings (SSSR count). The van der Waals surface area contributed by atoms with Crippen LogP contribution < -0.4 is 0 Å². The van der Waals surface area contributed by atoms with Crippen molar-refractivity contribution < 1.29 is 0 Å². The van der Waals surface area contributed by atoms with Gasteiger partial charge >= 0.3 is 0 Å². The Bertz CT molecular complexity index is 3050. The minimum atomic E-state index is 1.15. The van der Waals surface area contributed by atoms with Crippen LogP contribution in [-0.4, -0.2) is 13.7 Å². The van der Waals surface area contributed by atoms with E-state index in [0.717, 1.165) is 17.1 Å². The number of hydrogen-bond acceptors (Lipinski definition) is 0. The standard InChI is InChI=1S/C48H31N3/c1-4-14-32(15-5-1)33-24-26-39-41-30-48-42(31-47(41)50(46(39)28-33)35-18-8-3-9-19-35)40-29-36(25-27-45(40)49(48)34-16-6-2-7-17-34)51-43-22-12-10-20-37(43)38-21-11-13-23-44(38)51/h1-31H. The third kappa shape index (κ3) is 4.12. The summed E-state index contributed by atoms with van der Waals surface area (Å²) in [5.41, 5.74) is 13.1. The Morgan fingerprint density at radius 3 is 1.27 bits per heavy atom. The number of nitrogens with zero attached hydrogens (tertiary/aromatic N) is 3. The van der Waals surface area contributed by atoms with Crippen molar-refractivity contribution in [1.82, 2.24) is 13.7 Å². The first kappa shape index (κ1) is 28.0. The van der Waals surface area contributed by atoms with Crippen LogP contribution >= 0.6 is 0 Å². The summed E-state index contributed by atoms with van der Waals surface area (Å²) in [6.07, 6.45) is 0. The van der Waals surface area contributed by atoms with E-state index in [-0.39, 0.29) is 0 Å². The molecular formula is C48H31N3. The highest BCUT2D eigenvalue weighted by molar-refractivity contribution is 6.20. The number of benzene rings is 8. The van der Waals surface area contributed by atoms with Gasteiger partial charge in [-0.15, -0.1) is 0 Å². The summed E-state index contributed by atoms with van der Waals surface area (Å²) < 4.78 is 7.29. The predicted molar refractivity (Wildman–Crippen MR) is 215 cm³/mol. The predicted octanol–water partition coefficient (Wildman–Crippen LogP) is 12.6. The van der Waals surface area contributed by atoms with Crippen molar-refractivity contribution in [3.05, 3.63) is 188 Å². The summed E-state index contributed by atoms with van der Waals surface area (Å²) in [4.78, 5) is 0.